The molecule has 3 rings (SSSR count). The predicted molar refractivity (Wildman–Crippen MR) is 112 cm³/mol. The van der Waals surface area contributed by atoms with E-state index >= 15 is 0 Å². The number of ether oxygens (including phenoxy) is 2. The van der Waals surface area contributed by atoms with Gasteiger partial charge >= 0.3 is 0 Å². The van der Waals surface area contributed by atoms with E-state index in [-0.39, 0.29) is 12.4 Å². The molecule has 0 aromatic heterocycles. The fourth-order valence-corrected chi connectivity index (χ4v) is 4.60. The highest BCUT2D eigenvalue weighted by atomic mass is 32.2. The molecule has 2 aromatic carbocycles. The van der Waals surface area contributed by atoms with Crippen LogP contribution < -0.4 is 14.4 Å². The van der Waals surface area contributed by atoms with Crippen LogP contribution in [0.25, 0.3) is 0 Å². The van der Waals surface area contributed by atoms with Crippen molar-refractivity contribution in [1.29, 1.82) is 0 Å². The number of methoxy groups -OCH3 is 1. The van der Waals surface area contributed by atoms with Crippen LogP contribution in [-0.2, 0) is 10.0 Å². The Bertz CT molecular complexity index is 889. The van der Waals surface area contributed by atoms with Crippen LogP contribution in [0.4, 0.5) is 5.69 Å². The van der Waals surface area contributed by atoms with E-state index in [1.54, 1.807) is 35.7 Å². The van der Waals surface area contributed by atoms with Crippen molar-refractivity contribution in [3.63, 3.8) is 0 Å². The highest BCUT2D eigenvalue weighted by molar-refractivity contribution is 7.89. The molecule has 0 atom stereocenters. The lowest BCUT2D eigenvalue weighted by molar-refractivity contribution is 0.330. The number of sulfonamides is 1. The van der Waals surface area contributed by atoms with Crippen molar-refractivity contribution in [3.05, 3.63) is 53.6 Å². The Labute approximate surface area is 167 Å². The van der Waals surface area contributed by atoms with E-state index in [1.165, 1.54) is 16.8 Å². The monoisotopic (exact) mass is 404 g/mol. The molecule has 0 saturated carbocycles. The maximum Gasteiger partial charge on any atom is 0.217 e. The lowest BCUT2D eigenvalue weighted by atomic mass is 10.1. The van der Waals surface area contributed by atoms with Crippen LogP contribution in [0.1, 0.15) is 11.1 Å². The Morgan fingerprint density at radius 1 is 0.929 bits per heavy atom. The molecule has 1 heterocycles. The summed E-state index contributed by atoms with van der Waals surface area (Å²) in [4.78, 5) is 2.27. The Balaban J connectivity index is 1.51. The largest absolute Gasteiger partial charge is 0.497 e. The molecule has 0 amide bonds. The minimum atomic E-state index is -3.33. The van der Waals surface area contributed by atoms with Gasteiger partial charge in [0.2, 0.25) is 10.0 Å². The van der Waals surface area contributed by atoms with Gasteiger partial charge < -0.3 is 14.4 Å². The molecule has 152 valence electrons. The van der Waals surface area contributed by atoms with Gasteiger partial charge in [0, 0.05) is 31.9 Å². The van der Waals surface area contributed by atoms with Gasteiger partial charge in [-0.3, -0.25) is 0 Å². The van der Waals surface area contributed by atoms with Crippen LogP contribution in [0.15, 0.2) is 42.5 Å². The second-order valence-electron chi connectivity index (χ2n) is 7.02. The summed E-state index contributed by atoms with van der Waals surface area (Å²) >= 11 is 0. The highest BCUT2D eigenvalue weighted by Crippen LogP contribution is 2.23. The summed E-state index contributed by atoms with van der Waals surface area (Å²) in [5.41, 5.74) is 3.63. The van der Waals surface area contributed by atoms with Gasteiger partial charge in [0.1, 0.15) is 18.1 Å². The van der Waals surface area contributed by atoms with Crippen molar-refractivity contribution in [3.8, 4) is 11.5 Å². The van der Waals surface area contributed by atoms with Crippen LogP contribution in [0.2, 0.25) is 0 Å². The number of rotatable bonds is 7. The van der Waals surface area contributed by atoms with Crippen molar-refractivity contribution in [2.75, 3.05) is 50.5 Å². The van der Waals surface area contributed by atoms with E-state index in [0.717, 1.165) is 5.75 Å². The fraction of sp³-hybridized carbons (Fsp3) is 0.429. The minimum Gasteiger partial charge on any atom is -0.497 e. The first-order chi connectivity index (χ1) is 13.4. The van der Waals surface area contributed by atoms with E-state index in [4.69, 9.17) is 9.47 Å². The third-order valence-electron chi connectivity index (χ3n) is 5.01. The van der Waals surface area contributed by atoms with Gasteiger partial charge in [-0.2, -0.15) is 4.31 Å². The summed E-state index contributed by atoms with van der Waals surface area (Å²) in [7, 11) is -1.73. The Morgan fingerprint density at radius 3 is 2.21 bits per heavy atom. The highest BCUT2D eigenvalue weighted by Gasteiger charge is 2.27. The van der Waals surface area contributed by atoms with Crippen LogP contribution in [0.3, 0.4) is 0 Å². The van der Waals surface area contributed by atoms with Crippen LogP contribution in [0, 0.1) is 13.8 Å². The summed E-state index contributed by atoms with van der Waals surface area (Å²) in [5, 5.41) is 0. The summed E-state index contributed by atoms with van der Waals surface area (Å²) < 4.78 is 37.6. The minimum absolute atomic E-state index is 0.0253. The summed E-state index contributed by atoms with van der Waals surface area (Å²) in [6, 6.07) is 13.5. The Hall–Kier alpha value is -2.25. The molecule has 0 radical (unpaired) electrons. The van der Waals surface area contributed by atoms with Crippen LogP contribution >= 0.6 is 0 Å². The zero-order valence-electron chi connectivity index (χ0n) is 16.7. The lowest BCUT2D eigenvalue weighted by Crippen LogP contribution is -2.49. The number of hydrogen-bond donors (Lipinski definition) is 0. The van der Waals surface area contributed by atoms with Gasteiger partial charge in [0.25, 0.3) is 0 Å². The first kappa shape index (κ1) is 20.5. The zero-order valence-corrected chi connectivity index (χ0v) is 17.5. The number of aryl methyl sites for hydroxylation is 2. The molecule has 1 aliphatic rings. The number of piperazine rings is 1. The zero-order chi connectivity index (χ0) is 20.1. The van der Waals surface area contributed by atoms with Crippen molar-refractivity contribution >= 4 is 15.7 Å². The second kappa shape index (κ2) is 8.84. The van der Waals surface area contributed by atoms with Crippen LogP contribution in [0.5, 0.6) is 11.5 Å². The van der Waals surface area contributed by atoms with Gasteiger partial charge in [-0.25, -0.2) is 8.42 Å². The second-order valence-corrected chi connectivity index (χ2v) is 9.10. The topological polar surface area (TPSA) is 59.1 Å². The summed E-state index contributed by atoms with van der Waals surface area (Å²) in [6.45, 7) is 6.69. The third kappa shape index (κ3) is 4.97. The van der Waals surface area contributed by atoms with Crippen LogP contribution in [-0.4, -0.2) is 58.4 Å². The van der Waals surface area contributed by atoms with E-state index in [1.807, 2.05) is 0 Å². The fourth-order valence-electron chi connectivity index (χ4n) is 3.33. The molecule has 6 nitrogen and oxygen atoms in total. The van der Waals surface area contributed by atoms with Crippen molar-refractivity contribution < 1.29 is 17.9 Å². The Morgan fingerprint density at radius 2 is 1.57 bits per heavy atom. The maximum atomic E-state index is 12.6. The Kier molecular flexibility index (Phi) is 6.46. The SMILES string of the molecule is COc1ccc(OCCS(=O)(=O)N2CCN(c3cc(C)ccc3C)CC2)cc1. The van der Waals surface area contributed by atoms with Crippen molar-refractivity contribution in [1.82, 2.24) is 4.31 Å². The predicted octanol–water partition coefficient (Wildman–Crippen LogP) is 2.84. The molecule has 1 fully saturated rings. The number of hydrogen-bond acceptors (Lipinski definition) is 5. The number of benzene rings is 2. The smallest absolute Gasteiger partial charge is 0.217 e. The molecule has 2 aromatic rings. The van der Waals surface area contributed by atoms with Gasteiger partial charge in [-0.1, -0.05) is 12.1 Å². The number of anilines is 1. The van der Waals surface area contributed by atoms with Gasteiger partial charge in [-0.15, -0.1) is 0 Å². The quantitative estimate of drug-likeness (QED) is 0.710. The lowest BCUT2D eigenvalue weighted by Gasteiger charge is -2.36. The molecule has 0 spiro atoms. The first-order valence-electron chi connectivity index (χ1n) is 9.46. The van der Waals surface area contributed by atoms with Gasteiger partial charge in [0.15, 0.2) is 0 Å². The average molecular weight is 405 g/mol. The molecular formula is C21H28N2O4S. The van der Waals surface area contributed by atoms with Gasteiger partial charge in [-0.05, 0) is 55.3 Å². The third-order valence-corrected chi connectivity index (χ3v) is 6.84. The molecule has 1 aliphatic heterocycles. The summed E-state index contributed by atoms with van der Waals surface area (Å²) in [5.74, 6) is 1.35. The van der Waals surface area contributed by atoms with Gasteiger partial charge in [0.05, 0.1) is 12.9 Å². The molecule has 1 saturated heterocycles. The van der Waals surface area contributed by atoms with E-state index in [2.05, 4.69) is 36.9 Å². The molecule has 28 heavy (non-hydrogen) atoms. The number of nitrogens with zero attached hydrogens (tertiary/aromatic N) is 2. The summed E-state index contributed by atoms with van der Waals surface area (Å²) in [6.07, 6.45) is 0. The standard InChI is InChI=1S/C21H28N2O4S/c1-17-4-5-18(2)21(16-17)22-10-12-23(13-11-22)28(24,25)15-14-27-20-8-6-19(26-3)7-9-20/h4-9,16H,10-15H2,1-3H3. The molecule has 0 N–H and O–H groups in total. The van der Waals surface area contributed by atoms with E-state index < -0.39 is 10.0 Å². The van der Waals surface area contributed by atoms with Crippen molar-refractivity contribution in [2.24, 2.45) is 0 Å². The maximum absolute atomic E-state index is 12.6. The molecular weight excluding hydrogens is 376 g/mol. The molecule has 0 unspecified atom stereocenters. The molecule has 0 aliphatic carbocycles. The van der Waals surface area contributed by atoms with E-state index in [9.17, 15) is 8.42 Å². The normalized spacial score (nSPS) is 15.5. The van der Waals surface area contributed by atoms with E-state index in [0.29, 0.717) is 31.9 Å². The molecule has 0 bridgehead atoms. The van der Waals surface area contributed by atoms with Crippen molar-refractivity contribution in [2.45, 2.75) is 13.8 Å². The first-order valence-corrected chi connectivity index (χ1v) is 11.1. The average Bonchev–Trinajstić information content (AvgIpc) is 2.70. The molecule has 7 heteroatoms.